The number of rotatable bonds is 8. The molecule has 0 unspecified atom stereocenters. The fourth-order valence-corrected chi connectivity index (χ4v) is 4.33. The zero-order valence-electron chi connectivity index (χ0n) is 18.7. The predicted octanol–water partition coefficient (Wildman–Crippen LogP) is 2.11. The number of carbonyl (C=O) groups excluding carboxylic acids is 2. The van der Waals surface area contributed by atoms with Gasteiger partial charge in [0, 0.05) is 24.8 Å². The van der Waals surface area contributed by atoms with Gasteiger partial charge in [0.1, 0.15) is 6.54 Å². The van der Waals surface area contributed by atoms with Crippen LogP contribution in [-0.2, 0) is 20.9 Å². The summed E-state index contributed by atoms with van der Waals surface area (Å²) in [5.74, 6) is 0.140. The number of aryl methyl sites for hydroxylation is 1. The van der Waals surface area contributed by atoms with Crippen LogP contribution in [0.25, 0.3) is 11.4 Å². The first-order chi connectivity index (χ1) is 15.6. The first-order valence-electron chi connectivity index (χ1n) is 11.6. The molecule has 4 rings (SSSR count). The molecule has 1 N–H and O–H groups in total. The minimum absolute atomic E-state index is 0.0225. The number of hydrogen-bond acceptors (Lipinski definition) is 6. The molecule has 1 saturated carbocycles. The molecule has 1 aromatic heterocycles. The molecule has 32 heavy (non-hydrogen) atoms. The number of hydrogen-bond donors (Lipinski definition) is 1. The van der Waals surface area contributed by atoms with Crippen LogP contribution in [-0.4, -0.2) is 68.8 Å². The third kappa shape index (κ3) is 6.12. The summed E-state index contributed by atoms with van der Waals surface area (Å²) in [6.45, 7) is 3.07. The molecule has 9 nitrogen and oxygen atoms in total. The van der Waals surface area contributed by atoms with E-state index in [9.17, 15) is 9.59 Å². The van der Waals surface area contributed by atoms with Crippen LogP contribution in [0, 0.1) is 6.92 Å². The highest BCUT2D eigenvalue weighted by Gasteiger charge is 2.26. The highest BCUT2D eigenvalue weighted by atomic mass is 16.5. The Kier molecular flexibility index (Phi) is 7.47. The van der Waals surface area contributed by atoms with Crippen molar-refractivity contribution in [1.29, 1.82) is 0 Å². The van der Waals surface area contributed by atoms with Crippen LogP contribution in [0.15, 0.2) is 24.3 Å². The van der Waals surface area contributed by atoms with E-state index in [1.165, 1.54) is 11.2 Å². The van der Waals surface area contributed by atoms with E-state index in [2.05, 4.69) is 20.7 Å². The van der Waals surface area contributed by atoms with E-state index in [-0.39, 0.29) is 37.0 Å². The second-order valence-electron chi connectivity index (χ2n) is 8.82. The molecule has 0 bridgehead atoms. The van der Waals surface area contributed by atoms with Crippen LogP contribution in [0.5, 0.6) is 0 Å². The van der Waals surface area contributed by atoms with Gasteiger partial charge in [0.2, 0.25) is 17.6 Å². The maximum Gasteiger partial charge on any atom is 0.246 e. The topological polar surface area (TPSA) is 102 Å². The van der Waals surface area contributed by atoms with Gasteiger partial charge in [-0.1, -0.05) is 49.1 Å². The first-order valence-corrected chi connectivity index (χ1v) is 11.6. The number of ether oxygens (including phenoxy) is 1. The molecule has 2 aliphatic rings. The normalized spacial score (nSPS) is 19.1. The van der Waals surface area contributed by atoms with Crippen molar-refractivity contribution in [2.24, 2.45) is 0 Å². The number of tetrazole rings is 1. The Hall–Kier alpha value is -2.81. The molecule has 2 fully saturated rings. The standard InChI is InChI=1S/C23H32N6O3/c1-17-9-11-18(12-10-17)23-25-27-29(26-23)16-22(31)28(14-20-8-5-13-32-20)15-21(30)24-19-6-3-2-4-7-19/h9-12,19-20H,2-8,13-16H2,1H3,(H,24,30)/t20-/m1/s1. The van der Waals surface area contributed by atoms with Gasteiger partial charge < -0.3 is 15.0 Å². The summed E-state index contributed by atoms with van der Waals surface area (Å²) in [6.07, 6.45) is 7.37. The third-order valence-electron chi connectivity index (χ3n) is 6.14. The average molecular weight is 441 g/mol. The van der Waals surface area contributed by atoms with E-state index in [1.807, 2.05) is 31.2 Å². The Bertz CT molecular complexity index is 901. The molecule has 1 atom stereocenters. The lowest BCUT2D eigenvalue weighted by molar-refractivity contribution is -0.138. The van der Waals surface area contributed by atoms with E-state index >= 15 is 0 Å². The Balaban J connectivity index is 1.39. The van der Waals surface area contributed by atoms with Crippen molar-refractivity contribution in [3.05, 3.63) is 29.8 Å². The fraction of sp³-hybridized carbons (Fsp3) is 0.609. The largest absolute Gasteiger partial charge is 0.376 e. The number of nitrogens with zero attached hydrogens (tertiary/aromatic N) is 5. The van der Waals surface area contributed by atoms with E-state index in [0.717, 1.165) is 49.7 Å². The van der Waals surface area contributed by atoms with E-state index in [4.69, 9.17) is 4.74 Å². The predicted molar refractivity (Wildman–Crippen MR) is 119 cm³/mol. The summed E-state index contributed by atoms with van der Waals surface area (Å²) in [4.78, 5) is 28.6. The van der Waals surface area contributed by atoms with Crippen LogP contribution < -0.4 is 5.32 Å². The third-order valence-corrected chi connectivity index (χ3v) is 6.14. The monoisotopic (exact) mass is 440 g/mol. The fourth-order valence-electron chi connectivity index (χ4n) is 4.33. The van der Waals surface area contributed by atoms with E-state index in [1.54, 1.807) is 4.90 Å². The van der Waals surface area contributed by atoms with Crippen molar-refractivity contribution < 1.29 is 14.3 Å². The molecule has 1 aliphatic carbocycles. The second-order valence-corrected chi connectivity index (χ2v) is 8.82. The van der Waals surface area contributed by atoms with Gasteiger partial charge in [-0.3, -0.25) is 9.59 Å². The molecule has 2 amide bonds. The average Bonchev–Trinajstić information content (AvgIpc) is 3.47. The maximum atomic E-state index is 13.1. The Morgan fingerprint density at radius 3 is 2.62 bits per heavy atom. The zero-order chi connectivity index (χ0) is 22.3. The van der Waals surface area contributed by atoms with Gasteiger partial charge in [-0.15, -0.1) is 10.2 Å². The molecular formula is C23H32N6O3. The summed E-state index contributed by atoms with van der Waals surface area (Å²) >= 11 is 0. The van der Waals surface area contributed by atoms with Gasteiger partial charge in [-0.2, -0.15) is 4.80 Å². The minimum Gasteiger partial charge on any atom is -0.376 e. The van der Waals surface area contributed by atoms with Crippen LogP contribution in [0.4, 0.5) is 0 Å². The summed E-state index contributed by atoms with van der Waals surface area (Å²) in [7, 11) is 0. The Morgan fingerprint density at radius 2 is 1.91 bits per heavy atom. The first kappa shape index (κ1) is 22.4. The lowest BCUT2D eigenvalue weighted by Gasteiger charge is -2.27. The SMILES string of the molecule is Cc1ccc(-c2nnn(CC(=O)N(CC(=O)NC3CCCCC3)C[C@H]3CCCO3)n2)cc1. The van der Waals surface area contributed by atoms with Crippen LogP contribution in [0.2, 0.25) is 0 Å². The van der Waals surface area contributed by atoms with Crippen molar-refractivity contribution in [3.63, 3.8) is 0 Å². The van der Waals surface area contributed by atoms with Crippen molar-refractivity contribution in [2.75, 3.05) is 19.7 Å². The van der Waals surface area contributed by atoms with E-state index in [0.29, 0.717) is 19.0 Å². The molecule has 0 radical (unpaired) electrons. The van der Waals surface area contributed by atoms with Crippen molar-refractivity contribution in [2.45, 2.75) is 70.6 Å². The van der Waals surface area contributed by atoms with Crippen LogP contribution in [0.1, 0.15) is 50.5 Å². The van der Waals surface area contributed by atoms with Crippen LogP contribution in [0.3, 0.4) is 0 Å². The highest BCUT2D eigenvalue weighted by molar-refractivity contribution is 5.84. The molecular weight excluding hydrogens is 408 g/mol. The van der Waals surface area contributed by atoms with Gasteiger partial charge in [0.05, 0.1) is 12.6 Å². The van der Waals surface area contributed by atoms with E-state index < -0.39 is 0 Å². The quantitative estimate of drug-likeness (QED) is 0.675. The molecule has 2 heterocycles. The molecule has 1 aromatic carbocycles. The number of benzene rings is 1. The lowest BCUT2D eigenvalue weighted by Crippen LogP contribution is -2.47. The van der Waals surface area contributed by atoms with Gasteiger partial charge in [-0.05, 0) is 37.8 Å². The Labute approximate surface area is 188 Å². The van der Waals surface area contributed by atoms with Gasteiger partial charge in [0.15, 0.2) is 0 Å². The second kappa shape index (κ2) is 10.7. The van der Waals surface area contributed by atoms with Crippen molar-refractivity contribution in [1.82, 2.24) is 30.4 Å². The molecule has 172 valence electrons. The summed E-state index contributed by atoms with van der Waals surface area (Å²) < 4.78 is 5.71. The number of nitrogens with one attached hydrogen (secondary N) is 1. The molecule has 0 spiro atoms. The highest BCUT2D eigenvalue weighted by Crippen LogP contribution is 2.18. The molecule has 9 heteroatoms. The van der Waals surface area contributed by atoms with Crippen molar-refractivity contribution in [3.8, 4) is 11.4 Å². The summed E-state index contributed by atoms with van der Waals surface area (Å²) in [5, 5.41) is 15.6. The number of aromatic nitrogens is 4. The molecule has 2 aromatic rings. The molecule has 1 saturated heterocycles. The summed E-state index contributed by atoms with van der Waals surface area (Å²) in [5.41, 5.74) is 1.99. The number of amides is 2. The van der Waals surface area contributed by atoms with Crippen molar-refractivity contribution >= 4 is 11.8 Å². The smallest absolute Gasteiger partial charge is 0.246 e. The van der Waals surface area contributed by atoms with Gasteiger partial charge in [0.25, 0.3) is 0 Å². The van der Waals surface area contributed by atoms with Gasteiger partial charge >= 0.3 is 0 Å². The Morgan fingerprint density at radius 1 is 1.12 bits per heavy atom. The zero-order valence-corrected chi connectivity index (χ0v) is 18.7. The van der Waals surface area contributed by atoms with Gasteiger partial charge in [-0.25, -0.2) is 0 Å². The maximum absolute atomic E-state index is 13.1. The molecule has 1 aliphatic heterocycles. The minimum atomic E-state index is -0.216. The lowest BCUT2D eigenvalue weighted by atomic mass is 9.95. The number of carbonyl (C=O) groups is 2. The summed E-state index contributed by atoms with van der Waals surface area (Å²) in [6, 6.07) is 8.03. The van der Waals surface area contributed by atoms with Crippen LogP contribution >= 0.6 is 0 Å².